The number of carbonyl (C=O) groups is 1. The summed E-state index contributed by atoms with van der Waals surface area (Å²) in [6.45, 7) is 5.03. The van der Waals surface area contributed by atoms with E-state index >= 15 is 0 Å². The number of nitrogens with zero attached hydrogens (tertiary/aromatic N) is 2. The molecule has 0 amide bonds. The first kappa shape index (κ1) is 19.7. The van der Waals surface area contributed by atoms with Gasteiger partial charge in [-0.15, -0.1) is 0 Å². The molecule has 1 aromatic heterocycles. The molecule has 0 atom stereocenters. The van der Waals surface area contributed by atoms with Crippen LogP contribution in [0.2, 0.25) is 5.02 Å². The van der Waals surface area contributed by atoms with Crippen molar-refractivity contribution in [1.29, 1.82) is 0 Å². The van der Waals surface area contributed by atoms with Gasteiger partial charge in [0.05, 0.1) is 22.8 Å². The van der Waals surface area contributed by atoms with Crippen LogP contribution < -0.4 is 9.64 Å². The Balaban J connectivity index is 0.000000253. The minimum atomic E-state index is -0.0178. The van der Waals surface area contributed by atoms with Gasteiger partial charge in [-0.2, -0.15) is 0 Å². The number of pyridine rings is 1. The van der Waals surface area contributed by atoms with Gasteiger partial charge in [-0.1, -0.05) is 56.7 Å². The fourth-order valence-corrected chi connectivity index (χ4v) is 3.85. The van der Waals surface area contributed by atoms with Gasteiger partial charge in [-0.25, -0.2) is 4.98 Å². The maximum Gasteiger partial charge on any atom is 0.163 e. The highest BCUT2D eigenvalue weighted by molar-refractivity contribution is 6.33. The number of aromatic nitrogens is 1. The number of anilines is 2. The molecule has 5 heteroatoms. The van der Waals surface area contributed by atoms with Gasteiger partial charge in [0.25, 0.3) is 0 Å². The average Bonchev–Trinajstić information content (AvgIpc) is 2.68. The second-order valence-electron chi connectivity index (χ2n) is 7.26. The zero-order valence-corrected chi connectivity index (χ0v) is 16.8. The molecule has 1 aliphatic carbocycles. The van der Waals surface area contributed by atoms with E-state index < -0.39 is 0 Å². The Kier molecular flexibility index (Phi) is 6.73. The molecule has 4 nitrogen and oxygen atoms in total. The first-order valence-electron chi connectivity index (χ1n) is 9.72. The molecule has 0 saturated heterocycles. The molecule has 1 saturated carbocycles. The second-order valence-corrected chi connectivity index (χ2v) is 7.67. The molecule has 1 aromatic carbocycles. The fraction of sp³-hybridized carbons (Fsp3) is 0.455. The number of para-hydroxylation sites is 1. The Labute approximate surface area is 166 Å². The summed E-state index contributed by atoms with van der Waals surface area (Å²) in [5.74, 6) is 2.30. The predicted octanol–water partition coefficient (Wildman–Crippen LogP) is 6.05. The Bertz CT molecular complexity index is 788. The van der Waals surface area contributed by atoms with E-state index in [-0.39, 0.29) is 5.78 Å². The third kappa shape index (κ3) is 4.81. The molecule has 0 unspecified atom stereocenters. The van der Waals surface area contributed by atoms with Crippen LogP contribution in [0.25, 0.3) is 0 Å². The molecule has 144 valence electrons. The van der Waals surface area contributed by atoms with Gasteiger partial charge in [0.2, 0.25) is 0 Å². The maximum atomic E-state index is 11.7. The topological polar surface area (TPSA) is 42.4 Å². The number of ether oxygens (including phenoxy) is 1. The largest absolute Gasteiger partial charge is 0.489 e. The third-order valence-electron chi connectivity index (χ3n) is 5.11. The number of hydrogen-bond donors (Lipinski definition) is 0. The van der Waals surface area contributed by atoms with Crippen LogP contribution in [0.15, 0.2) is 36.5 Å². The van der Waals surface area contributed by atoms with E-state index in [4.69, 9.17) is 16.3 Å². The number of halogens is 1. The molecule has 0 bridgehead atoms. The zero-order valence-electron chi connectivity index (χ0n) is 16.1. The standard InChI is InChI=1S/C15H13ClN2O2.C7H14/c1-10(19)11-4-2-6-13-14(11)20-9-8-18(13)15-12(16)5-3-7-17-15;1-7-5-3-2-4-6-7/h2-7H,8-9H2,1H3;7H,2-6H2,1H3. The maximum absolute atomic E-state index is 11.7. The summed E-state index contributed by atoms with van der Waals surface area (Å²) in [4.78, 5) is 18.0. The SMILES string of the molecule is CC(=O)c1cccc2c1OCCN2c1ncccc1Cl.CC1CCCCC1. The molecular formula is C22H27ClN2O2. The molecule has 2 aromatic rings. The number of rotatable bonds is 2. The van der Waals surface area contributed by atoms with Gasteiger partial charge in [-0.3, -0.25) is 4.79 Å². The minimum Gasteiger partial charge on any atom is -0.489 e. The van der Waals surface area contributed by atoms with Crippen LogP contribution in [0, 0.1) is 5.92 Å². The van der Waals surface area contributed by atoms with Crippen LogP contribution in [0.5, 0.6) is 5.75 Å². The number of Topliss-reactive ketones (excluding diaryl/α,β-unsaturated/α-hetero) is 1. The molecular weight excluding hydrogens is 360 g/mol. The molecule has 1 fully saturated rings. The lowest BCUT2D eigenvalue weighted by atomic mass is 9.91. The lowest BCUT2D eigenvalue weighted by Gasteiger charge is -2.31. The van der Waals surface area contributed by atoms with Crippen molar-refractivity contribution >= 4 is 28.9 Å². The van der Waals surface area contributed by atoms with Crippen molar-refractivity contribution in [3.8, 4) is 5.75 Å². The molecule has 27 heavy (non-hydrogen) atoms. The second kappa shape index (κ2) is 9.23. The summed E-state index contributed by atoms with van der Waals surface area (Å²) in [6.07, 6.45) is 9.14. The van der Waals surface area contributed by atoms with Gasteiger partial charge in [0.15, 0.2) is 17.4 Å². The van der Waals surface area contributed by atoms with E-state index in [9.17, 15) is 4.79 Å². The number of benzene rings is 1. The zero-order chi connectivity index (χ0) is 19.2. The normalized spacial score (nSPS) is 16.6. The van der Waals surface area contributed by atoms with Crippen LogP contribution in [-0.2, 0) is 0 Å². The van der Waals surface area contributed by atoms with Gasteiger partial charge in [0, 0.05) is 6.20 Å². The quantitative estimate of drug-likeness (QED) is 0.589. The van der Waals surface area contributed by atoms with Crippen LogP contribution in [0.1, 0.15) is 56.3 Å². The lowest BCUT2D eigenvalue weighted by Crippen LogP contribution is -2.30. The van der Waals surface area contributed by atoms with Crippen molar-refractivity contribution in [3.05, 3.63) is 47.1 Å². The molecule has 1 aliphatic heterocycles. The first-order valence-corrected chi connectivity index (χ1v) is 10.1. The summed E-state index contributed by atoms with van der Waals surface area (Å²) in [7, 11) is 0. The van der Waals surface area contributed by atoms with Crippen molar-refractivity contribution in [2.24, 2.45) is 5.92 Å². The first-order chi connectivity index (χ1) is 13.1. The Morgan fingerprint density at radius 2 is 1.96 bits per heavy atom. The summed E-state index contributed by atoms with van der Waals surface area (Å²) in [5, 5.41) is 0.577. The molecule has 0 N–H and O–H groups in total. The predicted molar refractivity (Wildman–Crippen MR) is 110 cm³/mol. The number of fused-ring (bicyclic) bond motifs is 1. The van der Waals surface area contributed by atoms with E-state index in [2.05, 4.69) is 11.9 Å². The van der Waals surface area contributed by atoms with Crippen LogP contribution in [-0.4, -0.2) is 23.9 Å². The number of carbonyl (C=O) groups excluding carboxylic acids is 1. The van der Waals surface area contributed by atoms with Crippen molar-refractivity contribution in [2.75, 3.05) is 18.1 Å². The van der Waals surface area contributed by atoms with E-state index in [1.54, 1.807) is 24.4 Å². The van der Waals surface area contributed by atoms with E-state index in [1.165, 1.54) is 39.0 Å². The fourth-order valence-electron chi connectivity index (χ4n) is 3.63. The molecule has 0 spiro atoms. The summed E-state index contributed by atoms with van der Waals surface area (Å²) < 4.78 is 5.67. The highest BCUT2D eigenvalue weighted by Gasteiger charge is 2.25. The van der Waals surface area contributed by atoms with Crippen molar-refractivity contribution in [1.82, 2.24) is 4.98 Å². The highest BCUT2D eigenvalue weighted by atomic mass is 35.5. The van der Waals surface area contributed by atoms with Gasteiger partial charge < -0.3 is 9.64 Å². The molecule has 4 rings (SSSR count). The molecule has 2 heterocycles. The van der Waals surface area contributed by atoms with Gasteiger partial charge >= 0.3 is 0 Å². The smallest absolute Gasteiger partial charge is 0.163 e. The molecule has 2 aliphatic rings. The van der Waals surface area contributed by atoms with Crippen LogP contribution >= 0.6 is 11.6 Å². The van der Waals surface area contributed by atoms with Crippen LogP contribution in [0.3, 0.4) is 0 Å². The summed E-state index contributed by atoms with van der Waals surface area (Å²) in [5.41, 5.74) is 1.41. The Morgan fingerprint density at radius 1 is 1.19 bits per heavy atom. The number of ketones is 1. The number of hydrogen-bond acceptors (Lipinski definition) is 4. The minimum absolute atomic E-state index is 0.0178. The average molecular weight is 387 g/mol. The highest BCUT2D eigenvalue weighted by Crippen LogP contribution is 2.40. The van der Waals surface area contributed by atoms with Crippen molar-refractivity contribution in [2.45, 2.75) is 46.0 Å². The Hall–Kier alpha value is -2.07. The van der Waals surface area contributed by atoms with Crippen molar-refractivity contribution in [3.63, 3.8) is 0 Å². The van der Waals surface area contributed by atoms with Crippen molar-refractivity contribution < 1.29 is 9.53 Å². The summed E-state index contributed by atoms with van der Waals surface area (Å²) >= 11 is 6.21. The van der Waals surface area contributed by atoms with Crippen LogP contribution in [0.4, 0.5) is 11.5 Å². The summed E-state index contributed by atoms with van der Waals surface area (Å²) in [6, 6.07) is 9.11. The van der Waals surface area contributed by atoms with E-state index in [0.717, 1.165) is 11.6 Å². The van der Waals surface area contributed by atoms with E-state index in [1.807, 2.05) is 17.0 Å². The molecule has 0 radical (unpaired) electrons. The lowest BCUT2D eigenvalue weighted by molar-refractivity contribution is 0.101. The third-order valence-corrected chi connectivity index (χ3v) is 5.41. The van der Waals surface area contributed by atoms with E-state index in [0.29, 0.717) is 35.3 Å². The van der Waals surface area contributed by atoms with Gasteiger partial charge in [-0.05, 0) is 37.1 Å². The van der Waals surface area contributed by atoms with Gasteiger partial charge in [0.1, 0.15) is 6.61 Å². The Morgan fingerprint density at radius 3 is 2.59 bits per heavy atom. The monoisotopic (exact) mass is 386 g/mol.